The fourth-order valence-electron chi connectivity index (χ4n) is 6.08. The van der Waals surface area contributed by atoms with Gasteiger partial charge in [-0.25, -0.2) is 0 Å². The molecule has 4 heterocycles. The molecule has 2 aromatic carbocycles. The van der Waals surface area contributed by atoms with Crippen LogP contribution in [0, 0.1) is 5.41 Å². The second kappa shape index (κ2) is 9.76. The first-order valence-electron chi connectivity index (χ1n) is 13.2. The van der Waals surface area contributed by atoms with E-state index in [1.54, 1.807) is 18.0 Å². The highest BCUT2D eigenvalue weighted by Gasteiger charge is 2.44. The van der Waals surface area contributed by atoms with Crippen LogP contribution in [0.1, 0.15) is 46.8 Å². The topological polar surface area (TPSA) is 98.0 Å². The monoisotopic (exact) mass is 512 g/mol. The van der Waals surface area contributed by atoms with Crippen molar-refractivity contribution >= 4 is 23.2 Å². The van der Waals surface area contributed by atoms with Crippen molar-refractivity contribution in [3.63, 3.8) is 0 Å². The van der Waals surface area contributed by atoms with Crippen molar-refractivity contribution in [2.24, 2.45) is 11.1 Å². The number of nitrogens with two attached hydrogens (primary N) is 1. The summed E-state index contributed by atoms with van der Waals surface area (Å²) < 4.78 is 11.7. The average molecular weight is 513 g/mol. The molecular formula is C30H32N4O4. The number of hydrogen-bond acceptors (Lipinski definition) is 6. The van der Waals surface area contributed by atoms with Crippen LogP contribution < -0.4 is 20.3 Å². The van der Waals surface area contributed by atoms with E-state index in [4.69, 9.17) is 15.2 Å². The minimum absolute atomic E-state index is 0.0687. The number of hydrogen-bond donors (Lipinski definition) is 1. The molecule has 1 spiro atoms. The Balaban J connectivity index is 1.30. The summed E-state index contributed by atoms with van der Waals surface area (Å²) >= 11 is 0. The Morgan fingerprint density at radius 1 is 1.11 bits per heavy atom. The number of likely N-dealkylation sites (N-methyl/N-ethyl adjacent to an activating group) is 1. The van der Waals surface area contributed by atoms with E-state index in [1.165, 1.54) is 6.20 Å². The Morgan fingerprint density at radius 2 is 1.87 bits per heavy atom. The number of aromatic nitrogens is 1. The number of benzene rings is 2. The Kier molecular flexibility index (Phi) is 6.27. The maximum absolute atomic E-state index is 14.0. The molecule has 2 amide bonds. The van der Waals surface area contributed by atoms with Crippen LogP contribution in [0.3, 0.4) is 0 Å². The lowest BCUT2D eigenvalue weighted by atomic mass is 9.73. The summed E-state index contributed by atoms with van der Waals surface area (Å²) in [6, 6.07) is 17.4. The number of amides is 2. The van der Waals surface area contributed by atoms with Crippen LogP contribution in [0.15, 0.2) is 60.8 Å². The number of carbonyl (C=O) groups is 2. The fraction of sp³-hybridized carbons (Fsp3) is 0.367. The molecule has 0 radical (unpaired) electrons. The zero-order valence-electron chi connectivity index (χ0n) is 21.6. The van der Waals surface area contributed by atoms with Gasteiger partial charge in [0, 0.05) is 61.9 Å². The third kappa shape index (κ3) is 4.39. The number of pyridine rings is 1. The molecule has 1 unspecified atom stereocenters. The first kappa shape index (κ1) is 24.4. The number of ether oxygens (including phenoxy) is 2. The van der Waals surface area contributed by atoms with Gasteiger partial charge in [0.05, 0.1) is 5.92 Å². The molecule has 0 bridgehead atoms. The Labute approximate surface area is 222 Å². The number of fused-ring (bicyclic) bond motifs is 1. The SMILES string of the molecule is CN1C(=O)C(c2c(Oc3ccccc3)ccnc2C(N)=O)CCc2ccc(N3CC4(CCOCC4)C3)cc21. The maximum atomic E-state index is 14.0. The molecule has 3 aliphatic rings. The lowest BCUT2D eigenvalue weighted by molar-refractivity contribution is -0.119. The second-order valence-corrected chi connectivity index (χ2v) is 10.6. The molecule has 3 aliphatic heterocycles. The predicted octanol–water partition coefficient (Wildman–Crippen LogP) is 4.28. The van der Waals surface area contributed by atoms with E-state index in [2.05, 4.69) is 28.1 Å². The number of carbonyl (C=O) groups excluding carboxylic acids is 2. The van der Waals surface area contributed by atoms with Crippen LogP contribution in [0.25, 0.3) is 0 Å². The Morgan fingerprint density at radius 3 is 2.61 bits per heavy atom. The molecule has 2 N–H and O–H groups in total. The van der Waals surface area contributed by atoms with E-state index in [-0.39, 0.29) is 11.6 Å². The molecule has 0 aliphatic carbocycles. The lowest BCUT2D eigenvalue weighted by Crippen LogP contribution is -2.58. The van der Waals surface area contributed by atoms with Crippen LogP contribution in [0.2, 0.25) is 0 Å². The highest BCUT2D eigenvalue weighted by molar-refractivity contribution is 6.02. The molecular weight excluding hydrogens is 480 g/mol. The van der Waals surface area contributed by atoms with Gasteiger partial charge in [0.15, 0.2) is 0 Å². The van der Waals surface area contributed by atoms with E-state index in [1.807, 2.05) is 30.3 Å². The summed E-state index contributed by atoms with van der Waals surface area (Å²) in [4.78, 5) is 34.7. The number of rotatable bonds is 5. The molecule has 196 valence electrons. The van der Waals surface area contributed by atoms with Crippen molar-refractivity contribution in [2.75, 3.05) is 43.2 Å². The number of para-hydroxylation sites is 1. The first-order chi connectivity index (χ1) is 18.4. The van der Waals surface area contributed by atoms with Gasteiger partial charge in [0.1, 0.15) is 17.2 Å². The number of nitrogens with zero attached hydrogens (tertiary/aromatic N) is 3. The van der Waals surface area contributed by atoms with E-state index >= 15 is 0 Å². The third-order valence-corrected chi connectivity index (χ3v) is 8.24. The van der Waals surface area contributed by atoms with Crippen LogP contribution in [0.5, 0.6) is 11.5 Å². The van der Waals surface area contributed by atoms with Gasteiger partial charge in [-0.1, -0.05) is 24.3 Å². The van der Waals surface area contributed by atoms with Gasteiger partial charge >= 0.3 is 0 Å². The normalized spacial score (nSPS) is 20.4. The van der Waals surface area contributed by atoms with E-state index in [9.17, 15) is 9.59 Å². The van der Waals surface area contributed by atoms with Crippen LogP contribution >= 0.6 is 0 Å². The quantitative estimate of drug-likeness (QED) is 0.548. The van der Waals surface area contributed by atoms with Crippen molar-refractivity contribution in [3.05, 3.63) is 77.6 Å². The maximum Gasteiger partial charge on any atom is 0.267 e. The smallest absolute Gasteiger partial charge is 0.267 e. The lowest BCUT2D eigenvalue weighted by Gasteiger charge is -2.53. The summed E-state index contributed by atoms with van der Waals surface area (Å²) in [5.74, 6) is -0.396. The number of anilines is 2. The van der Waals surface area contributed by atoms with Crippen LogP contribution in [-0.2, 0) is 16.0 Å². The minimum atomic E-state index is -0.683. The number of primary amides is 1. The minimum Gasteiger partial charge on any atom is -0.457 e. The predicted molar refractivity (Wildman–Crippen MR) is 145 cm³/mol. The van der Waals surface area contributed by atoms with Crippen molar-refractivity contribution in [2.45, 2.75) is 31.6 Å². The van der Waals surface area contributed by atoms with Gasteiger partial charge in [0.25, 0.3) is 5.91 Å². The van der Waals surface area contributed by atoms with Crippen molar-refractivity contribution in [1.82, 2.24) is 4.98 Å². The van der Waals surface area contributed by atoms with Gasteiger partial charge < -0.3 is 25.0 Å². The molecule has 8 heteroatoms. The summed E-state index contributed by atoms with van der Waals surface area (Å²) in [6.07, 6.45) is 4.89. The third-order valence-electron chi connectivity index (χ3n) is 8.24. The van der Waals surface area contributed by atoms with Crippen LogP contribution in [0.4, 0.5) is 11.4 Å². The standard InChI is InChI=1S/C30H32N4O4/c1-33-24-17-21(34-18-30(19-34)12-15-37-16-13-30)9-7-20(24)8-10-23(29(33)36)26-25(11-14-32-27(26)28(31)35)38-22-5-3-2-4-6-22/h2-7,9,11,14,17,23H,8,10,12-13,15-16,18-19H2,1H3,(H2,31,35). The molecule has 6 rings (SSSR count). The summed E-state index contributed by atoms with van der Waals surface area (Å²) in [7, 11) is 1.80. The van der Waals surface area contributed by atoms with Gasteiger partial charge in [-0.05, 0) is 61.6 Å². The molecule has 2 fully saturated rings. The molecule has 1 aromatic heterocycles. The van der Waals surface area contributed by atoms with Gasteiger partial charge in [0.2, 0.25) is 5.91 Å². The first-order valence-corrected chi connectivity index (χ1v) is 13.2. The average Bonchev–Trinajstić information content (AvgIpc) is 3.04. The van der Waals surface area contributed by atoms with E-state index < -0.39 is 11.8 Å². The van der Waals surface area contributed by atoms with Gasteiger partial charge in [-0.2, -0.15) is 0 Å². The molecule has 1 atom stereocenters. The molecule has 0 saturated carbocycles. The molecule has 2 saturated heterocycles. The van der Waals surface area contributed by atoms with Crippen molar-refractivity contribution < 1.29 is 19.1 Å². The van der Waals surface area contributed by atoms with Gasteiger partial charge in [-0.15, -0.1) is 0 Å². The zero-order valence-corrected chi connectivity index (χ0v) is 21.6. The van der Waals surface area contributed by atoms with Gasteiger partial charge in [-0.3, -0.25) is 14.6 Å². The second-order valence-electron chi connectivity index (χ2n) is 10.6. The molecule has 3 aromatic rings. The van der Waals surface area contributed by atoms with Crippen molar-refractivity contribution in [3.8, 4) is 11.5 Å². The zero-order chi connectivity index (χ0) is 26.3. The fourth-order valence-corrected chi connectivity index (χ4v) is 6.08. The Hall–Kier alpha value is -3.91. The molecule has 8 nitrogen and oxygen atoms in total. The van der Waals surface area contributed by atoms with E-state index in [0.29, 0.717) is 35.3 Å². The largest absolute Gasteiger partial charge is 0.457 e. The summed E-state index contributed by atoms with van der Waals surface area (Å²) in [5.41, 5.74) is 9.73. The highest BCUT2D eigenvalue weighted by Crippen LogP contribution is 2.44. The highest BCUT2D eigenvalue weighted by atomic mass is 16.5. The molecule has 38 heavy (non-hydrogen) atoms. The summed E-state index contributed by atoms with van der Waals surface area (Å²) in [6.45, 7) is 3.73. The van der Waals surface area contributed by atoms with Crippen molar-refractivity contribution in [1.29, 1.82) is 0 Å². The number of aryl methyl sites for hydroxylation is 1. The summed E-state index contributed by atoms with van der Waals surface area (Å²) in [5, 5.41) is 0. The Bertz CT molecular complexity index is 1360. The van der Waals surface area contributed by atoms with Crippen LogP contribution in [-0.4, -0.2) is 50.1 Å². The van der Waals surface area contributed by atoms with E-state index in [0.717, 1.165) is 56.1 Å².